The molecule has 4 nitrogen and oxygen atoms in total. The maximum atomic E-state index is 12.7. The summed E-state index contributed by atoms with van der Waals surface area (Å²) in [6.07, 6.45) is 1.93. The van der Waals surface area contributed by atoms with Crippen LogP contribution < -0.4 is 5.32 Å². The lowest BCUT2D eigenvalue weighted by Crippen LogP contribution is -2.46. The first-order chi connectivity index (χ1) is 8.95. The summed E-state index contributed by atoms with van der Waals surface area (Å²) >= 11 is 3.36. The maximum Gasteiger partial charge on any atom is 0.243 e. The van der Waals surface area contributed by atoms with E-state index in [9.17, 15) is 8.42 Å². The average molecular weight is 347 g/mol. The molecule has 1 aliphatic heterocycles. The van der Waals surface area contributed by atoms with Crippen molar-refractivity contribution in [2.45, 2.75) is 30.7 Å². The van der Waals surface area contributed by atoms with Crippen molar-refractivity contribution in [2.75, 3.05) is 20.1 Å². The fraction of sp³-hybridized carbons (Fsp3) is 0.538. The third-order valence-electron chi connectivity index (χ3n) is 3.55. The van der Waals surface area contributed by atoms with Crippen LogP contribution >= 0.6 is 15.9 Å². The third-order valence-corrected chi connectivity index (χ3v) is 6.07. The molecular weight excluding hydrogens is 328 g/mol. The number of nitrogens with zero attached hydrogens (tertiary/aromatic N) is 1. The van der Waals surface area contributed by atoms with Gasteiger partial charge in [0.25, 0.3) is 0 Å². The Balaban J connectivity index is 2.31. The van der Waals surface area contributed by atoms with E-state index in [1.165, 1.54) is 0 Å². The average Bonchev–Trinajstić information content (AvgIpc) is 2.38. The van der Waals surface area contributed by atoms with E-state index < -0.39 is 10.0 Å². The summed E-state index contributed by atoms with van der Waals surface area (Å²) < 4.78 is 27.8. The van der Waals surface area contributed by atoms with Crippen molar-refractivity contribution in [3.8, 4) is 0 Å². The Hall–Kier alpha value is -0.430. The number of halogens is 1. The zero-order valence-electron chi connectivity index (χ0n) is 11.2. The molecule has 0 aliphatic carbocycles. The Kier molecular flexibility index (Phi) is 4.66. The highest BCUT2D eigenvalue weighted by Crippen LogP contribution is 2.25. The molecule has 0 bridgehead atoms. The molecule has 1 N–H and O–H groups in total. The molecule has 19 heavy (non-hydrogen) atoms. The van der Waals surface area contributed by atoms with Gasteiger partial charge in [0.05, 0.1) is 4.90 Å². The number of likely N-dealkylation sites (N-methyl/N-ethyl adjacent to an activating group) is 1. The third kappa shape index (κ3) is 3.18. The molecule has 1 atom stereocenters. The number of benzene rings is 1. The van der Waals surface area contributed by atoms with E-state index in [1.54, 1.807) is 16.4 Å². The van der Waals surface area contributed by atoms with Crippen LogP contribution in [0.15, 0.2) is 27.6 Å². The molecule has 0 radical (unpaired) electrons. The number of sulfonamides is 1. The van der Waals surface area contributed by atoms with Crippen molar-refractivity contribution in [1.82, 2.24) is 9.62 Å². The van der Waals surface area contributed by atoms with Gasteiger partial charge >= 0.3 is 0 Å². The normalized spacial score (nSPS) is 21.5. The van der Waals surface area contributed by atoms with Crippen molar-refractivity contribution in [3.63, 3.8) is 0 Å². The second-order valence-corrected chi connectivity index (χ2v) is 7.72. The molecule has 0 amide bonds. The number of aryl methyl sites for hydroxylation is 1. The summed E-state index contributed by atoms with van der Waals surface area (Å²) in [6, 6.07) is 5.54. The van der Waals surface area contributed by atoms with Crippen LogP contribution in [-0.2, 0) is 10.0 Å². The molecule has 1 fully saturated rings. The van der Waals surface area contributed by atoms with Crippen LogP contribution in [0.25, 0.3) is 0 Å². The highest BCUT2D eigenvalue weighted by Gasteiger charge is 2.30. The molecule has 106 valence electrons. The van der Waals surface area contributed by atoms with Crippen LogP contribution in [0.3, 0.4) is 0 Å². The summed E-state index contributed by atoms with van der Waals surface area (Å²) in [5, 5.41) is 3.17. The molecule has 0 spiro atoms. The van der Waals surface area contributed by atoms with Crippen molar-refractivity contribution in [3.05, 3.63) is 28.2 Å². The van der Waals surface area contributed by atoms with Gasteiger partial charge in [-0.25, -0.2) is 8.42 Å². The van der Waals surface area contributed by atoms with Gasteiger partial charge in [-0.05, 0) is 50.6 Å². The van der Waals surface area contributed by atoms with Crippen molar-refractivity contribution in [1.29, 1.82) is 0 Å². The summed E-state index contributed by atoms with van der Waals surface area (Å²) in [6.45, 7) is 2.99. The zero-order chi connectivity index (χ0) is 14.0. The van der Waals surface area contributed by atoms with Crippen LogP contribution in [-0.4, -0.2) is 38.9 Å². The van der Waals surface area contributed by atoms with Crippen LogP contribution in [0.2, 0.25) is 0 Å². The molecule has 1 aliphatic rings. The second-order valence-electron chi connectivity index (χ2n) is 4.90. The first kappa shape index (κ1) is 15.0. The summed E-state index contributed by atoms with van der Waals surface area (Å²) in [5.74, 6) is 0. The minimum atomic E-state index is -3.38. The fourth-order valence-corrected chi connectivity index (χ4v) is 4.64. The Labute approximate surface area is 123 Å². The predicted molar refractivity (Wildman–Crippen MR) is 79.7 cm³/mol. The molecule has 1 heterocycles. The van der Waals surface area contributed by atoms with Crippen LogP contribution in [0.4, 0.5) is 0 Å². The van der Waals surface area contributed by atoms with Crippen LogP contribution in [0.5, 0.6) is 0 Å². The summed E-state index contributed by atoms with van der Waals surface area (Å²) in [7, 11) is -1.50. The van der Waals surface area contributed by atoms with E-state index in [-0.39, 0.29) is 6.04 Å². The highest BCUT2D eigenvalue weighted by molar-refractivity contribution is 9.10. The first-order valence-corrected chi connectivity index (χ1v) is 8.62. The first-order valence-electron chi connectivity index (χ1n) is 6.38. The van der Waals surface area contributed by atoms with Gasteiger partial charge in [0, 0.05) is 23.6 Å². The van der Waals surface area contributed by atoms with Gasteiger partial charge in [0.1, 0.15) is 0 Å². The van der Waals surface area contributed by atoms with Crippen molar-refractivity contribution in [2.24, 2.45) is 0 Å². The smallest absolute Gasteiger partial charge is 0.243 e. The van der Waals surface area contributed by atoms with Gasteiger partial charge in [-0.15, -0.1) is 0 Å². The Morgan fingerprint density at radius 2 is 2.16 bits per heavy atom. The van der Waals surface area contributed by atoms with Gasteiger partial charge in [0.2, 0.25) is 10.0 Å². The number of hydrogen-bond donors (Lipinski definition) is 1. The largest absolute Gasteiger partial charge is 0.316 e. The zero-order valence-corrected chi connectivity index (χ0v) is 13.6. The molecule has 1 unspecified atom stereocenters. The minimum absolute atomic E-state index is 0.249. The lowest BCUT2D eigenvalue weighted by molar-refractivity contribution is 0.292. The van der Waals surface area contributed by atoms with E-state index in [0.29, 0.717) is 18.0 Å². The van der Waals surface area contributed by atoms with Crippen LogP contribution in [0.1, 0.15) is 18.4 Å². The highest BCUT2D eigenvalue weighted by atomic mass is 79.9. The molecule has 0 aromatic heterocycles. The molecule has 1 saturated heterocycles. The molecule has 1 aromatic carbocycles. The summed E-state index contributed by atoms with van der Waals surface area (Å²) in [4.78, 5) is 0.410. The predicted octanol–water partition coefficient (Wildman–Crippen LogP) is 2.13. The van der Waals surface area contributed by atoms with Gasteiger partial charge < -0.3 is 5.32 Å². The Morgan fingerprint density at radius 1 is 1.42 bits per heavy atom. The molecular formula is C13H19BrN2O2S. The van der Waals surface area contributed by atoms with Gasteiger partial charge in [-0.2, -0.15) is 4.31 Å². The second kappa shape index (κ2) is 5.91. The molecule has 2 rings (SSSR count). The number of hydrogen-bond acceptors (Lipinski definition) is 3. The van der Waals surface area contributed by atoms with Crippen molar-refractivity contribution >= 4 is 26.0 Å². The lowest BCUT2D eigenvalue weighted by Gasteiger charge is -2.32. The quantitative estimate of drug-likeness (QED) is 0.911. The van der Waals surface area contributed by atoms with E-state index in [4.69, 9.17) is 0 Å². The number of rotatable bonds is 3. The van der Waals surface area contributed by atoms with Crippen LogP contribution in [0, 0.1) is 6.92 Å². The summed E-state index contributed by atoms with van der Waals surface area (Å²) in [5.41, 5.74) is 0.779. The van der Waals surface area contributed by atoms with Gasteiger partial charge in [0.15, 0.2) is 0 Å². The molecule has 6 heteroatoms. The Bertz CT molecular complexity index is 560. The Morgan fingerprint density at radius 3 is 2.79 bits per heavy atom. The molecule has 0 saturated carbocycles. The van der Waals surface area contributed by atoms with E-state index >= 15 is 0 Å². The molecule has 1 aromatic rings. The lowest BCUT2D eigenvalue weighted by atomic mass is 10.1. The monoisotopic (exact) mass is 346 g/mol. The number of piperidine rings is 1. The van der Waals surface area contributed by atoms with Gasteiger partial charge in [-0.1, -0.05) is 15.9 Å². The topological polar surface area (TPSA) is 49.4 Å². The fourth-order valence-electron chi connectivity index (χ4n) is 2.44. The van der Waals surface area contributed by atoms with Crippen molar-refractivity contribution < 1.29 is 8.42 Å². The van der Waals surface area contributed by atoms with Gasteiger partial charge in [-0.3, -0.25) is 0 Å². The maximum absolute atomic E-state index is 12.7. The van der Waals surface area contributed by atoms with E-state index in [1.807, 2.05) is 20.0 Å². The van der Waals surface area contributed by atoms with E-state index in [2.05, 4.69) is 21.2 Å². The van der Waals surface area contributed by atoms with E-state index in [0.717, 1.165) is 22.9 Å². The standard InChI is InChI=1S/C13H19BrN2O2S/c1-10-8-11(14)5-6-13(10)19(17,18)16-7-3-4-12(9-16)15-2/h5-6,8,12,15H,3-4,7,9H2,1-2H3. The number of nitrogens with one attached hydrogen (secondary N) is 1. The minimum Gasteiger partial charge on any atom is -0.316 e. The SMILES string of the molecule is CNC1CCCN(S(=O)(=O)c2ccc(Br)cc2C)C1.